The Morgan fingerprint density at radius 1 is 0.860 bits per heavy atom. The second-order valence-corrected chi connectivity index (χ2v) is 13.2. The number of carbonyl (C=O) groups is 1. The normalized spacial score (nSPS) is 20.3. The summed E-state index contributed by atoms with van der Waals surface area (Å²) >= 11 is 1.65. The SMILES string of the molecule is CC(=O)Nc1ccc(SCC2OC(c3cccc(NS(=O)(=O)c4ccccc4)c3)OC(c3ccc(CO)cc3)C2C)cc1. The number of sulfonamides is 1. The van der Waals surface area contributed by atoms with Crippen LogP contribution in [0.15, 0.2) is 113 Å². The summed E-state index contributed by atoms with van der Waals surface area (Å²) in [7, 11) is -3.77. The number of ether oxygens (including phenoxy) is 2. The average molecular weight is 619 g/mol. The molecule has 1 saturated heterocycles. The maximum absolute atomic E-state index is 13.0. The number of hydrogen-bond acceptors (Lipinski definition) is 7. The van der Waals surface area contributed by atoms with Crippen molar-refractivity contribution in [2.75, 3.05) is 15.8 Å². The van der Waals surface area contributed by atoms with Crippen LogP contribution in [0, 0.1) is 5.92 Å². The van der Waals surface area contributed by atoms with Crippen LogP contribution in [0.1, 0.15) is 42.9 Å². The summed E-state index contributed by atoms with van der Waals surface area (Å²) in [5, 5.41) is 12.3. The Morgan fingerprint density at radius 2 is 1.58 bits per heavy atom. The monoisotopic (exact) mass is 618 g/mol. The van der Waals surface area contributed by atoms with E-state index in [1.165, 1.54) is 6.92 Å². The molecule has 1 fully saturated rings. The first kappa shape index (κ1) is 30.8. The molecule has 5 rings (SSSR count). The first-order valence-electron chi connectivity index (χ1n) is 13.9. The van der Waals surface area contributed by atoms with Gasteiger partial charge in [0, 0.05) is 40.4 Å². The van der Waals surface area contributed by atoms with E-state index < -0.39 is 16.3 Å². The van der Waals surface area contributed by atoms with Gasteiger partial charge in [-0.15, -0.1) is 11.8 Å². The number of anilines is 2. The van der Waals surface area contributed by atoms with Crippen LogP contribution in [0.2, 0.25) is 0 Å². The van der Waals surface area contributed by atoms with Gasteiger partial charge in [-0.1, -0.05) is 61.5 Å². The molecule has 224 valence electrons. The number of rotatable bonds is 10. The van der Waals surface area contributed by atoms with Crippen LogP contribution >= 0.6 is 11.8 Å². The van der Waals surface area contributed by atoms with E-state index in [1.54, 1.807) is 60.3 Å². The van der Waals surface area contributed by atoms with Gasteiger partial charge >= 0.3 is 0 Å². The molecule has 0 bridgehead atoms. The van der Waals surface area contributed by atoms with Gasteiger partial charge in [-0.2, -0.15) is 0 Å². The van der Waals surface area contributed by atoms with E-state index in [-0.39, 0.29) is 35.5 Å². The highest BCUT2D eigenvalue weighted by atomic mass is 32.2. The van der Waals surface area contributed by atoms with Crippen LogP contribution in [-0.2, 0) is 30.9 Å². The van der Waals surface area contributed by atoms with Crippen LogP contribution in [0.25, 0.3) is 0 Å². The lowest BCUT2D eigenvalue weighted by molar-refractivity contribution is -0.268. The van der Waals surface area contributed by atoms with E-state index in [0.29, 0.717) is 17.0 Å². The van der Waals surface area contributed by atoms with Crippen molar-refractivity contribution in [3.8, 4) is 0 Å². The first-order valence-corrected chi connectivity index (χ1v) is 16.4. The van der Waals surface area contributed by atoms with Crippen molar-refractivity contribution in [2.24, 2.45) is 5.92 Å². The van der Waals surface area contributed by atoms with Crippen LogP contribution in [0.3, 0.4) is 0 Å². The lowest BCUT2D eigenvalue weighted by atomic mass is 9.91. The summed E-state index contributed by atoms with van der Waals surface area (Å²) in [6.07, 6.45) is -1.25. The summed E-state index contributed by atoms with van der Waals surface area (Å²) in [6.45, 7) is 3.53. The molecule has 1 heterocycles. The van der Waals surface area contributed by atoms with Gasteiger partial charge in [-0.3, -0.25) is 9.52 Å². The zero-order chi connectivity index (χ0) is 30.4. The molecule has 4 unspecified atom stereocenters. The Hall–Kier alpha value is -3.67. The van der Waals surface area contributed by atoms with Crippen molar-refractivity contribution in [1.82, 2.24) is 0 Å². The van der Waals surface area contributed by atoms with Crippen molar-refractivity contribution in [1.29, 1.82) is 0 Å². The molecule has 0 aliphatic carbocycles. The minimum Gasteiger partial charge on any atom is -0.392 e. The van der Waals surface area contributed by atoms with Crippen molar-refractivity contribution in [3.63, 3.8) is 0 Å². The lowest BCUT2D eigenvalue weighted by Gasteiger charge is -2.41. The third kappa shape index (κ3) is 7.84. The van der Waals surface area contributed by atoms with Gasteiger partial charge in [0.2, 0.25) is 5.91 Å². The fourth-order valence-corrected chi connectivity index (χ4v) is 7.03. The third-order valence-electron chi connectivity index (χ3n) is 7.18. The van der Waals surface area contributed by atoms with Gasteiger partial charge in [0.05, 0.1) is 23.7 Å². The van der Waals surface area contributed by atoms with Crippen molar-refractivity contribution in [3.05, 3.63) is 120 Å². The second-order valence-electron chi connectivity index (χ2n) is 10.4. The quantitative estimate of drug-likeness (QED) is 0.173. The van der Waals surface area contributed by atoms with Gasteiger partial charge in [0.25, 0.3) is 10.0 Å². The molecule has 10 heteroatoms. The maximum atomic E-state index is 13.0. The van der Waals surface area contributed by atoms with E-state index in [1.807, 2.05) is 54.6 Å². The van der Waals surface area contributed by atoms with Crippen LogP contribution in [-0.4, -0.2) is 31.3 Å². The maximum Gasteiger partial charge on any atom is 0.261 e. The molecule has 0 radical (unpaired) electrons. The largest absolute Gasteiger partial charge is 0.392 e. The zero-order valence-electron chi connectivity index (χ0n) is 23.8. The molecule has 4 atom stereocenters. The second kappa shape index (κ2) is 13.7. The van der Waals surface area contributed by atoms with E-state index in [2.05, 4.69) is 17.0 Å². The van der Waals surface area contributed by atoms with Gasteiger partial charge < -0.3 is 19.9 Å². The number of benzene rings is 4. The summed E-state index contributed by atoms with van der Waals surface area (Å²) in [6, 6.07) is 30.6. The highest BCUT2D eigenvalue weighted by Gasteiger charge is 2.38. The minimum atomic E-state index is -3.77. The molecule has 1 aliphatic rings. The molecule has 0 aromatic heterocycles. The number of nitrogens with one attached hydrogen (secondary N) is 2. The lowest BCUT2D eigenvalue weighted by Crippen LogP contribution is -2.38. The van der Waals surface area contributed by atoms with Crippen LogP contribution in [0.5, 0.6) is 0 Å². The van der Waals surface area contributed by atoms with Gasteiger partial charge in [0.15, 0.2) is 6.29 Å². The van der Waals surface area contributed by atoms with Crippen molar-refractivity contribution < 1.29 is 27.8 Å². The van der Waals surface area contributed by atoms with Gasteiger partial charge in [-0.05, 0) is 59.7 Å². The number of hydrogen-bond donors (Lipinski definition) is 3. The van der Waals surface area contributed by atoms with E-state index in [4.69, 9.17) is 9.47 Å². The molecule has 0 spiro atoms. The number of aliphatic hydroxyl groups is 1. The van der Waals surface area contributed by atoms with E-state index >= 15 is 0 Å². The molecule has 1 amide bonds. The standard InChI is InChI=1S/C33H34N2O6S2/c1-22-31(21-42-29-17-15-27(16-18-29)34-23(2)37)40-33(41-32(22)25-13-11-24(20-36)12-14-25)26-7-6-8-28(19-26)35-43(38,39)30-9-4-3-5-10-30/h3-19,22,31-33,35-36H,20-21H2,1-2H3,(H,34,37). The zero-order valence-corrected chi connectivity index (χ0v) is 25.5. The van der Waals surface area contributed by atoms with Gasteiger partial charge in [-0.25, -0.2) is 8.42 Å². The van der Waals surface area contributed by atoms with Crippen molar-refractivity contribution >= 4 is 39.1 Å². The number of carbonyl (C=O) groups excluding carboxylic acids is 1. The Kier molecular flexibility index (Phi) is 9.84. The summed E-state index contributed by atoms with van der Waals surface area (Å²) in [5.41, 5.74) is 3.61. The number of thioether (sulfide) groups is 1. The predicted octanol–water partition coefficient (Wildman–Crippen LogP) is 6.52. The van der Waals surface area contributed by atoms with E-state index in [9.17, 15) is 18.3 Å². The topological polar surface area (TPSA) is 114 Å². The molecule has 3 N–H and O–H groups in total. The molecule has 4 aromatic rings. The molecular weight excluding hydrogens is 585 g/mol. The molecule has 8 nitrogen and oxygen atoms in total. The minimum absolute atomic E-state index is 0.0119. The van der Waals surface area contributed by atoms with Crippen molar-refractivity contribution in [2.45, 2.75) is 48.7 Å². The molecule has 4 aromatic carbocycles. The van der Waals surface area contributed by atoms with E-state index in [0.717, 1.165) is 21.7 Å². The smallest absolute Gasteiger partial charge is 0.261 e. The fraction of sp³-hybridized carbons (Fsp3) is 0.242. The molecule has 1 aliphatic heterocycles. The van der Waals surface area contributed by atoms with Gasteiger partial charge in [0.1, 0.15) is 0 Å². The number of amides is 1. The summed E-state index contributed by atoms with van der Waals surface area (Å²) in [5.74, 6) is 0.513. The fourth-order valence-electron chi connectivity index (χ4n) is 4.89. The van der Waals surface area contributed by atoms with Crippen LogP contribution < -0.4 is 10.0 Å². The third-order valence-corrected chi connectivity index (χ3v) is 9.67. The molecular formula is C33H34N2O6S2. The molecule has 0 saturated carbocycles. The summed E-state index contributed by atoms with van der Waals surface area (Å²) in [4.78, 5) is 12.6. The highest BCUT2D eigenvalue weighted by Crippen LogP contribution is 2.43. The number of aliphatic hydroxyl groups excluding tert-OH is 1. The van der Waals surface area contributed by atoms with Crippen LogP contribution in [0.4, 0.5) is 11.4 Å². The average Bonchev–Trinajstić information content (AvgIpc) is 3.01. The Morgan fingerprint density at radius 3 is 2.26 bits per heavy atom. The summed E-state index contributed by atoms with van der Waals surface area (Å²) < 4.78 is 41.6. The predicted molar refractivity (Wildman–Crippen MR) is 168 cm³/mol. The Labute approximate surface area is 256 Å². The Bertz CT molecular complexity index is 1630. The first-order chi connectivity index (χ1) is 20.7. The molecule has 43 heavy (non-hydrogen) atoms. The highest BCUT2D eigenvalue weighted by molar-refractivity contribution is 7.99. The Balaban J connectivity index is 1.38.